The average molecular weight is 512 g/mol. The lowest BCUT2D eigenvalue weighted by Gasteiger charge is -2.37. The van der Waals surface area contributed by atoms with Crippen molar-refractivity contribution in [3.05, 3.63) is 88.7 Å². The first kappa shape index (κ1) is 25.9. The normalized spacial score (nSPS) is 18.9. The van der Waals surface area contributed by atoms with Crippen LogP contribution in [-0.4, -0.2) is 54.1 Å². The summed E-state index contributed by atoms with van der Waals surface area (Å²) >= 11 is 6.56. The number of phenols is 2. The first-order valence-corrected chi connectivity index (χ1v) is 12.3. The van der Waals surface area contributed by atoms with Crippen LogP contribution in [0.25, 0.3) is 11.1 Å². The van der Waals surface area contributed by atoms with Crippen LogP contribution in [-0.2, 0) is 4.74 Å². The SMILES string of the molecule is C=C/C(=C\C=C(/C)OCCN1CC(CF)C1)C1Oc2ccc(O)cc2C(C)=C1c1cc(O)ccc1Cl. The van der Waals surface area contributed by atoms with Crippen molar-refractivity contribution in [3.8, 4) is 17.2 Å². The van der Waals surface area contributed by atoms with Crippen LogP contribution >= 0.6 is 11.6 Å². The van der Waals surface area contributed by atoms with Crippen molar-refractivity contribution in [2.24, 2.45) is 5.92 Å². The minimum absolute atomic E-state index is 0.0865. The van der Waals surface area contributed by atoms with E-state index in [1.54, 1.807) is 36.4 Å². The molecule has 190 valence electrons. The molecule has 0 aromatic heterocycles. The molecule has 1 saturated heterocycles. The van der Waals surface area contributed by atoms with Crippen LogP contribution in [0, 0.1) is 5.92 Å². The molecule has 0 aliphatic carbocycles. The van der Waals surface area contributed by atoms with Gasteiger partial charge in [0.1, 0.15) is 30.0 Å². The maximum absolute atomic E-state index is 12.6. The summed E-state index contributed by atoms with van der Waals surface area (Å²) in [4.78, 5) is 2.17. The van der Waals surface area contributed by atoms with E-state index in [4.69, 9.17) is 21.1 Å². The Morgan fingerprint density at radius 1 is 1.17 bits per heavy atom. The smallest absolute Gasteiger partial charge is 0.150 e. The molecule has 2 N–H and O–H groups in total. The molecule has 2 aromatic carbocycles. The molecule has 2 aliphatic rings. The number of allylic oxidation sites excluding steroid dienone is 4. The van der Waals surface area contributed by atoms with E-state index in [9.17, 15) is 14.6 Å². The zero-order valence-corrected chi connectivity index (χ0v) is 21.3. The Hall–Kier alpha value is -3.22. The fourth-order valence-corrected chi connectivity index (χ4v) is 4.78. The topological polar surface area (TPSA) is 62.2 Å². The van der Waals surface area contributed by atoms with Gasteiger partial charge >= 0.3 is 0 Å². The van der Waals surface area contributed by atoms with Crippen molar-refractivity contribution in [1.29, 1.82) is 0 Å². The van der Waals surface area contributed by atoms with Crippen LogP contribution in [0.1, 0.15) is 25.0 Å². The van der Waals surface area contributed by atoms with E-state index >= 15 is 0 Å². The van der Waals surface area contributed by atoms with Gasteiger partial charge in [-0.25, -0.2) is 0 Å². The van der Waals surface area contributed by atoms with Crippen LogP contribution in [0.4, 0.5) is 4.39 Å². The number of likely N-dealkylation sites (tertiary alicyclic amines) is 1. The van der Waals surface area contributed by atoms with Crippen molar-refractivity contribution < 1.29 is 24.1 Å². The highest BCUT2D eigenvalue weighted by Crippen LogP contribution is 2.45. The highest BCUT2D eigenvalue weighted by molar-refractivity contribution is 6.33. The van der Waals surface area contributed by atoms with Gasteiger partial charge in [0.05, 0.1) is 12.4 Å². The van der Waals surface area contributed by atoms with E-state index in [0.717, 1.165) is 47.7 Å². The summed E-state index contributed by atoms with van der Waals surface area (Å²) in [6.07, 6.45) is 4.93. The summed E-state index contributed by atoms with van der Waals surface area (Å²) in [5.41, 5.74) is 3.81. The number of halogens is 2. The van der Waals surface area contributed by atoms with E-state index in [0.29, 0.717) is 22.9 Å². The Morgan fingerprint density at radius 3 is 2.56 bits per heavy atom. The zero-order valence-electron chi connectivity index (χ0n) is 20.5. The quantitative estimate of drug-likeness (QED) is 0.302. The minimum Gasteiger partial charge on any atom is -0.508 e. The molecule has 0 radical (unpaired) electrons. The summed E-state index contributed by atoms with van der Waals surface area (Å²) in [6, 6.07) is 9.76. The lowest BCUT2D eigenvalue weighted by molar-refractivity contribution is 0.0554. The number of fused-ring (bicyclic) bond motifs is 1. The molecule has 2 aromatic rings. The molecule has 1 unspecified atom stereocenters. The van der Waals surface area contributed by atoms with Crippen LogP contribution in [0.2, 0.25) is 5.02 Å². The van der Waals surface area contributed by atoms with Crippen molar-refractivity contribution >= 4 is 22.7 Å². The molecule has 2 aliphatic heterocycles. The lowest BCUT2D eigenvalue weighted by Crippen LogP contribution is -2.48. The summed E-state index contributed by atoms with van der Waals surface area (Å²) < 4.78 is 24.9. The first-order chi connectivity index (χ1) is 17.3. The van der Waals surface area contributed by atoms with E-state index in [2.05, 4.69) is 11.5 Å². The monoisotopic (exact) mass is 511 g/mol. The molecule has 2 heterocycles. The van der Waals surface area contributed by atoms with Gasteiger partial charge in [-0.3, -0.25) is 9.29 Å². The molecule has 0 amide bonds. The molecule has 0 saturated carbocycles. The minimum atomic E-state index is -0.554. The molecular weight excluding hydrogens is 481 g/mol. The Morgan fingerprint density at radius 2 is 1.86 bits per heavy atom. The van der Waals surface area contributed by atoms with Gasteiger partial charge in [0.25, 0.3) is 0 Å². The number of rotatable bonds is 9. The van der Waals surface area contributed by atoms with Crippen LogP contribution in [0.5, 0.6) is 17.2 Å². The van der Waals surface area contributed by atoms with Crippen molar-refractivity contribution in [3.63, 3.8) is 0 Å². The molecular formula is C29H31ClFNO4. The maximum Gasteiger partial charge on any atom is 0.150 e. The molecule has 36 heavy (non-hydrogen) atoms. The predicted octanol–water partition coefficient (Wildman–Crippen LogP) is 6.38. The van der Waals surface area contributed by atoms with Gasteiger partial charge in [-0.15, -0.1) is 0 Å². The zero-order chi connectivity index (χ0) is 25.8. The first-order valence-electron chi connectivity index (χ1n) is 11.9. The number of hydrogen-bond acceptors (Lipinski definition) is 5. The molecule has 0 spiro atoms. The van der Waals surface area contributed by atoms with Crippen LogP contribution in [0.15, 0.2) is 72.5 Å². The summed E-state index contributed by atoms with van der Waals surface area (Å²) in [5.74, 6) is 1.74. The number of alkyl halides is 1. The van der Waals surface area contributed by atoms with E-state index in [1.165, 1.54) is 6.07 Å². The van der Waals surface area contributed by atoms with Gasteiger partial charge in [-0.1, -0.05) is 30.3 Å². The number of phenolic OH excluding ortho intramolecular Hbond substituents is 2. The summed E-state index contributed by atoms with van der Waals surface area (Å²) in [7, 11) is 0. The average Bonchev–Trinajstić information content (AvgIpc) is 2.83. The fraction of sp³-hybridized carbons (Fsp3) is 0.310. The van der Waals surface area contributed by atoms with Crippen LogP contribution in [0.3, 0.4) is 0 Å². The van der Waals surface area contributed by atoms with Gasteiger partial charge in [-0.2, -0.15) is 0 Å². The number of nitrogens with zero attached hydrogens (tertiary/aromatic N) is 1. The fourth-order valence-electron chi connectivity index (χ4n) is 4.56. The largest absolute Gasteiger partial charge is 0.508 e. The number of benzene rings is 2. The van der Waals surface area contributed by atoms with Gasteiger partial charge < -0.3 is 19.7 Å². The second-order valence-electron chi connectivity index (χ2n) is 9.16. The molecule has 1 fully saturated rings. The third-order valence-corrected chi connectivity index (χ3v) is 6.89. The predicted molar refractivity (Wildman–Crippen MR) is 142 cm³/mol. The third-order valence-electron chi connectivity index (χ3n) is 6.56. The van der Waals surface area contributed by atoms with Crippen molar-refractivity contribution in [1.82, 2.24) is 4.90 Å². The lowest BCUT2D eigenvalue weighted by atomic mass is 9.85. The summed E-state index contributed by atoms with van der Waals surface area (Å²) in [5, 5.41) is 20.7. The van der Waals surface area contributed by atoms with Gasteiger partial charge in [0.2, 0.25) is 0 Å². The highest BCUT2D eigenvalue weighted by atomic mass is 35.5. The van der Waals surface area contributed by atoms with Gasteiger partial charge in [-0.05, 0) is 67.5 Å². The molecule has 5 nitrogen and oxygen atoms in total. The number of aromatic hydroxyl groups is 2. The van der Waals surface area contributed by atoms with E-state index in [1.807, 2.05) is 26.0 Å². The Kier molecular flexibility index (Phi) is 8.07. The number of hydrogen-bond donors (Lipinski definition) is 2. The van der Waals surface area contributed by atoms with E-state index < -0.39 is 6.10 Å². The second kappa shape index (κ2) is 11.2. The third kappa shape index (κ3) is 5.61. The van der Waals surface area contributed by atoms with Crippen molar-refractivity contribution in [2.75, 3.05) is 32.9 Å². The number of ether oxygens (including phenoxy) is 2. The van der Waals surface area contributed by atoms with Gasteiger partial charge in [0, 0.05) is 47.3 Å². The maximum atomic E-state index is 12.6. The molecule has 1 atom stereocenters. The van der Waals surface area contributed by atoms with Crippen molar-refractivity contribution in [2.45, 2.75) is 20.0 Å². The molecule has 7 heteroatoms. The molecule has 0 bridgehead atoms. The summed E-state index contributed by atoms with van der Waals surface area (Å²) in [6.45, 7) is 10.4. The Labute approximate surface area is 216 Å². The Balaban J connectivity index is 1.62. The Bertz CT molecular complexity index is 1230. The van der Waals surface area contributed by atoms with E-state index in [-0.39, 0.29) is 24.1 Å². The second-order valence-corrected chi connectivity index (χ2v) is 9.56. The van der Waals surface area contributed by atoms with Gasteiger partial charge in [0.15, 0.2) is 0 Å². The van der Waals surface area contributed by atoms with Crippen LogP contribution < -0.4 is 4.74 Å². The molecule has 4 rings (SSSR count). The highest BCUT2D eigenvalue weighted by Gasteiger charge is 2.31. The standard InChI is InChI=1S/C29H31ClFNO4/c1-4-21(6-5-18(2)35-12-11-32-16-20(15-31)17-32)29-28(25-14-22(33)7-9-26(25)30)19(3)24-13-23(34)8-10-27(24)36-29/h4-10,13-14,20,29,33-34H,1,11-12,15-17H2,2-3H3/b18-5+,21-6+.